The molecule has 98 valence electrons. The summed E-state index contributed by atoms with van der Waals surface area (Å²) in [6.45, 7) is 5.73. The molecular weight excluding hydrogens is 280 g/mol. The van der Waals surface area contributed by atoms with Gasteiger partial charge in [0, 0.05) is 24.8 Å². The fraction of sp³-hybridized carbons (Fsp3) is 0.923. The Balaban J connectivity index is 1.57. The molecule has 4 heteroatoms. The zero-order valence-electron chi connectivity index (χ0n) is 10.5. The SMILES string of the molecule is O=C1CC(CBr)CN1CCCCN1CCCC1. The van der Waals surface area contributed by atoms with E-state index in [9.17, 15) is 4.79 Å². The predicted molar refractivity (Wildman–Crippen MR) is 73.4 cm³/mol. The van der Waals surface area contributed by atoms with Crippen molar-refractivity contribution in [2.24, 2.45) is 5.92 Å². The molecule has 0 aliphatic carbocycles. The maximum Gasteiger partial charge on any atom is 0.222 e. The highest BCUT2D eigenvalue weighted by atomic mass is 79.9. The van der Waals surface area contributed by atoms with Gasteiger partial charge in [0.05, 0.1) is 0 Å². The van der Waals surface area contributed by atoms with Gasteiger partial charge in [-0.3, -0.25) is 4.79 Å². The molecule has 0 bridgehead atoms. The third-order valence-corrected chi connectivity index (χ3v) is 4.78. The van der Waals surface area contributed by atoms with Crippen LogP contribution in [-0.2, 0) is 4.79 Å². The van der Waals surface area contributed by atoms with Crippen LogP contribution >= 0.6 is 15.9 Å². The molecule has 0 aromatic rings. The van der Waals surface area contributed by atoms with Gasteiger partial charge in [-0.2, -0.15) is 0 Å². The van der Waals surface area contributed by atoms with E-state index in [4.69, 9.17) is 0 Å². The summed E-state index contributed by atoms with van der Waals surface area (Å²) in [5.74, 6) is 0.900. The van der Waals surface area contributed by atoms with E-state index >= 15 is 0 Å². The average Bonchev–Trinajstić information content (AvgIpc) is 2.94. The third kappa shape index (κ3) is 3.95. The number of hydrogen-bond donors (Lipinski definition) is 0. The first-order valence-corrected chi connectivity index (χ1v) is 7.98. The van der Waals surface area contributed by atoms with Crippen molar-refractivity contribution >= 4 is 21.8 Å². The number of amides is 1. The number of nitrogens with zero attached hydrogens (tertiary/aromatic N) is 2. The van der Waals surface area contributed by atoms with Crippen molar-refractivity contribution in [1.82, 2.24) is 9.80 Å². The quantitative estimate of drug-likeness (QED) is 0.554. The molecule has 0 spiro atoms. The van der Waals surface area contributed by atoms with Crippen LogP contribution in [0.15, 0.2) is 0 Å². The van der Waals surface area contributed by atoms with Gasteiger partial charge in [-0.15, -0.1) is 0 Å². The zero-order valence-corrected chi connectivity index (χ0v) is 12.1. The topological polar surface area (TPSA) is 23.6 Å². The fourth-order valence-electron chi connectivity index (χ4n) is 2.82. The van der Waals surface area contributed by atoms with Crippen LogP contribution in [0.2, 0.25) is 0 Å². The summed E-state index contributed by atoms with van der Waals surface area (Å²) >= 11 is 3.47. The van der Waals surface area contributed by atoms with Crippen molar-refractivity contribution in [3.05, 3.63) is 0 Å². The van der Waals surface area contributed by atoms with Gasteiger partial charge in [-0.1, -0.05) is 15.9 Å². The highest BCUT2D eigenvalue weighted by molar-refractivity contribution is 9.09. The Bertz CT molecular complexity index is 254. The number of likely N-dealkylation sites (tertiary alicyclic amines) is 2. The number of unbranched alkanes of at least 4 members (excludes halogenated alkanes) is 1. The Kier molecular flexibility index (Phi) is 5.29. The Morgan fingerprint density at radius 2 is 1.88 bits per heavy atom. The summed E-state index contributed by atoms with van der Waals surface area (Å²) in [6, 6.07) is 0. The first-order valence-electron chi connectivity index (χ1n) is 6.85. The number of alkyl halides is 1. The minimum Gasteiger partial charge on any atom is -0.342 e. The van der Waals surface area contributed by atoms with Crippen LogP contribution in [0.25, 0.3) is 0 Å². The number of halogens is 1. The van der Waals surface area contributed by atoms with E-state index in [0.29, 0.717) is 11.8 Å². The van der Waals surface area contributed by atoms with Crippen LogP contribution < -0.4 is 0 Å². The molecule has 2 aliphatic rings. The average molecular weight is 303 g/mol. The molecule has 1 unspecified atom stereocenters. The Morgan fingerprint density at radius 3 is 2.53 bits per heavy atom. The van der Waals surface area contributed by atoms with Crippen LogP contribution in [0.4, 0.5) is 0 Å². The second-order valence-electron chi connectivity index (χ2n) is 5.32. The van der Waals surface area contributed by atoms with Gasteiger partial charge in [-0.05, 0) is 51.2 Å². The number of carbonyl (C=O) groups is 1. The Morgan fingerprint density at radius 1 is 1.18 bits per heavy atom. The Labute approximate surface area is 113 Å². The summed E-state index contributed by atoms with van der Waals surface area (Å²) in [5, 5.41) is 0.961. The van der Waals surface area contributed by atoms with Crippen molar-refractivity contribution in [1.29, 1.82) is 0 Å². The predicted octanol–water partition coefficient (Wildman–Crippen LogP) is 2.11. The fourth-order valence-corrected chi connectivity index (χ4v) is 3.25. The highest BCUT2D eigenvalue weighted by Crippen LogP contribution is 2.20. The lowest BCUT2D eigenvalue weighted by atomic mass is 10.2. The van der Waals surface area contributed by atoms with Crippen LogP contribution in [0.5, 0.6) is 0 Å². The molecule has 0 aromatic carbocycles. The number of carbonyl (C=O) groups excluding carboxylic acids is 1. The van der Waals surface area contributed by atoms with Gasteiger partial charge in [0.2, 0.25) is 5.91 Å². The third-order valence-electron chi connectivity index (χ3n) is 3.86. The van der Waals surface area contributed by atoms with Crippen LogP contribution in [0, 0.1) is 5.92 Å². The van der Waals surface area contributed by atoms with Crippen molar-refractivity contribution < 1.29 is 4.79 Å². The summed E-state index contributed by atoms with van der Waals surface area (Å²) in [4.78, 5) is 16.3. The lowest BCUT2D eigenvalue weighted by molar-refractivity contribution is -0.127. The van der Waals surface area contributed by atoms with Gasteiger partial charge < -0.3 is 9.80 Å². The lowest BCUT2D eigenvalue weighted by Gasteiger charge is -2.18. The maximum atomic E-state index is 11.7. The van der Waals surface area contributed by atoms with Gasteiger partial charge in [0.15, 0.2) is 0 Å². The molecule has 2 heterocycles. The minimum atomic E-state index is 0.357. The van der Waals surface area contributed by atoms with E-state index in [1.54, 1.807) is 0 Å². The van der Waals surface area contributed by atoms with E-state index < -0.39 is 0 Å². The van der Waals surface area contributed by atoms with Gasteiger partial charge in [0.1, 0.15) is 0 Å². The molecule has 0 aromatic heterocycles. The summed E-state index contributed by atoms with van der Waals surface area (Å²) in [6.07, 6.45) is 5.90. The molecular formula is C13H23BrN2O. The van der Waals surface area contributed by atoms with Gasteiger partial charge in [-0.25, -0.2) is 0 Å². The molecule has 2 saturated heterocycles. The van der Waals surface area contributed by atoms with Gasteiger partial charge in [0.25, 0.3) is 0 Å². The molecule has 2 rings (SSSR count). The molecule has 0 saturated carbocycles. The molecule has 2 fully saturated rings. The van der Waals surface area contributed by atoms with Crippen LogP contribution in [0.3, 0.4) is 0 Å². The summed E-state index contributed by atoms with van der Waals surface area (Å²) < 4.78 is 0. The first-order chi connectivity index (χ1) is 8.29. The van der Waals surface area contributed by atoms with E-state index in [2.05, 4.69) is 25.7 Å². The van der Waals surface area contributed by atoms with E-state index in [0.717, 1.165) is 31.3 Å². The second kappa shape index (κ2) is 6.74. The van der Waals surface area contributed by atoms with Gasteiger partial charge >= 0.3 is 0 Å². The minimum absolute atomic E-state index is 0.357. The van der Waals surface area contributed by atoms with Crippen LogP contribution in [0.1, 0.15) is 32.1 Å². The summed E-state index contributed by atoms with van der Waals surface area (Å²) in [7, 11) is 0. The molecule has 1 atom stereocenters. The molecule has 3 nitrogen and oxygen atoms in total. The van der Waals surface area contributed by atoms with Crippen molar-refractivity contribution in [2.45, 2.75) is 32.1 Å². The normalized spacial score (nSPS) is 26.1. The van der Waals surface area contributed by atoms with E-state index in [-0.39, 0.29) is 0 Å². The van der Waals surface area contributed by atoms with Crippen LogP contribution in [-0.4, -0.2) is 53.8 Å². The van der Waals surface area contributed by atoms with E-state index in [1.807, 2.05) is 0 Å². The first kappa shape index (κ1) is 13.3. The monoisotopic (exact) mass is 302 g/mol. The maximum absolute atomic E-state index is 11.7. The molecule has 17 heavy (non-hydrogen) atoms. The van der Waals surface area contributed by atoms with Crippen molar-refractivity contribution in [3.8, 4) is 0 Å². The smallest absolute Gasteiger partial charge is 0.222 e. The number of rotatable bonds is 6. The van der Waals surface area contributed by atoms with E-state index in [1.165, 1.54) is 38.9 Å². The lowest BCUT2D eigenvalue weighted by Crippen LogP contribution is -2.27. The standard InChI is InChI=1S/C13H23BrN2O/c14-10-12-9-13(17)16(11-12)8-4-3-7-15-5-1-2-6-15/h12H,1-11H2. The largest absolute Gasteiger partial charge is 0.342 e. The molecule has 1 amide bonds. The number of hydrogen-bond acceptors (Lipinski definition) is 2. The molecule has 0 radical (unpaired) electrons. The zero-order chi connectivity index (χ0) is 12.1. The molecule has 0 N–H and O–H groups in total. The Hall–Kier alpha value is -0.0900. The van der Waals surface area contributed by atoms with Crippen molar-refractivity contribution in [3.63, 3.8) is 0 Å². The highest BCUT2D eigenvalue weighted by Gasteiger charge is 2.27. The summed E-state index contributed by atoms with van der Waals surface area (Å²) in [5.41, 5.74) is 0. The van der Waals surface area contributed by atoms with Crippen molar-refractivity contribution in [2.75, 3.05) is 38.1 Å². The second-order valence-corrected chi connectivity index (χ2v) is 5.97. The molecule has 2 aliphatic heterocycles.